The first-order valence-corrected chi connectivity index (χ1v) is 12.6. The minimum Gasteiger partial charge on any atom is -0.488 e. The molecule has 0 aromatic heterocycles. The van der Waals surface area contributed by atoms with Crippen LogP contribution in [0.3, 0.4) is 0 Å². The summed E-state index contributed by atoms with van der Waals surface area (Å²) in [5, 5.41) is 8.48. The topological polar surface area (TPSA) is 124 Å². The standard InChI is InChI=1S/C27H43N3O7/c1-25(2,3)35-22(31)28-16-17-11-10-12-19(13-17)34-21-15-18(29-23(32)36-26(4,5)6)14-20(21)30-24(33)37-27(7,8)9/h10-13,18,20-21H,14-16H2,1-9H3,(H,28,31)(H,29,32)(H,30,33)/t18-,20+,21+/m1/s1. The molecule has 0 spiro atoms. The number of carbonyl (C=O) groups is 3. The third kappa shape index (κ3) is 12.1. The minimum absolute atomic E-state index is 0.263. The van der Waals surface area contributed by atoms with Crippen molar-refractivity contribution in [1.29, 1.82) is 0 Å². The molecule has 0 saturated heterocycles. The molecule has 0 heterocycles. The summed E-state index contributed by atoms with van der Waals surface area (Å²) >= 11 is 0. The first-order chi connectivity index (χ1) is 16.9. The first-order valence-electron chi connectivity index (χ1n) is 12.6. The van der Waals surface area contributed by atoms with Gasteiger partial charge in [0.05, 0.1) is 6.04 Å². The number of hydrogen-bond acceptors (Lipinski definition) is 7. The van der Waals surface area contributed by atoms with Crippen molar-refractivity contribution in [2.75, 3.05) is 0 Å². The summed E-state index contributed by atoms with van der Waals surface area (Å²) in [4.78, 5) is 36.8. The van der Waals surface area contributed by atoms with Gasteiger partial charge in [-0.3, -0.25) is 0 Å². The van der Waals surface area contributed by atoms with Gasteiger partial charge < -0.3 is 34.9 Å². The van der Waals surface area contributed by atoms with Crippen molar-refractivity contribution in [3.63, 3.8) is 0 Å². The van der Waals surface area contributed by atoms with Gasteiger partial charge in [0.1, 0.15) is 28.7 Å². The summed E-state index contributed by atoms with van der Waals surface area (Å²) in [7, 11) is 0. The molecule has 1 fully saturated rings. The lowest BCUT2D eigenvalue weighted by Crippen LogP contribution is -2.45. The maximum Gasteiger partial charge on any atom is 0.408 e. The van der Waals surface area contributed by atoms with Crippen molar-refractivity contribution < 1.29 is 33.3 Å². The molecular formula is C27H43N3O7. The third-order valence-electron chi connectivity index (χ3n) is 4.95. The molecule has 0 unspecified atom stereocenters. The number of amides is 3. The number of alkyl carbamates (subject to hydrolysis) is 3. The molecular weight excluding hydrogens is 478 g/mol. The second-order valence-corrected chi connectivity index (χ2v) is 12.2. The fourth-order valence-corrected chi connectivity index (χ4v) is 3.72. The van der Waals surface area contributed by atoms with Crippen molar-refractivity contribution >= 4 is 18.3 Å². The second-order valence-electron chi connectivity index (χ2n) is 12.2. The molecule has 2 rings (SSSR count). The smallest absolute Gasteiger partial charge is 0.408 e. The Bertz CT molecular complexity index is 945. The number of ether oxygens (including phenoxy) is 4. The van der Waals surface area contributed by atoms with Crippen LogP contribution in [-0.2, 0) is 20.8 Å². The summed E-state index contributed by atoms with van der Waals surface area (Å²) in [6, 6.07) is 6.63. The van der Waals surface area contributed by atoms with E-state index in [4.69, 9.17) is 18.9 Å². The molecule has 37 heavy (non-hydrogen) atoms. The highest BCUT2D eigenvalue weighted by Crippen LogP contribution is 2.27. The first kappa shape index (κ1) is 30.1. The predicted octanol–water partition coefficient (Wildman–Crippen LogP) is 5.04. The molecule has 10 heteroatoms. The molecule has 0 bridgehead atoms. The van der Waals surface area contributed by atoms with Crippen LogP contribution in [0.25, 0.3) is 0 Å². The molecule has 0 aliphatic heterocycles. The zero-order valence-electron chi connectivity index (χ0n) is 23.5. The van der Waals surface area contributed by atoms with Crippen molar-refractivity contribution in [3.8, 4) is 5.75 Å². The predicted molar refractivity (Wildman–Crippen MR) is 139 cm³/mol. The summed E-state index contributed by atoms with van der Waals surface area (Å²) in [6.45, 7) is 16.4. The molecule has 208 valence electrons. The molecule has 1 aromatic carbocycles. The minimum atomic E-state index is -0.650. The zero-order chi connectivity index (χ0) is 28.0. The fraction of sp³-hybridized carbons (Fsp3) is 0.667. The van der Waals surface area contributed by atoms with E-state index in [0.29, 0.717) is 18.6 Å². The van der Waals surface area contributed by atoms with Gasteiger partial charge in [0, 0.05) is 19.0 Å². The van der Waals surface area contributed by atoms with Crippen LogP contribution in [0.2, 0.25) is 0 Å². The van der Waals surface area contributed by atoms with Gasteiger partial charge in [-0.25, -0.2) is 14.4 Å². The fourth-order valence-electron chi connectivity index (χ4n) is 3.72. The number of rotatable bonds is 6. The quantitative estimate of drug-likeness (QED) is 0.448. The Morgan fingerprint density at radius 3 is 1.89 bits per heavy atom. The van der Waals surface area contributed by atoms with E-state index in [-0.39, 0.29) is 12.6 Å². The van der Waals surface area contributed by atoms with E-state index in [9.17, 15) is 14.4 Å². The summed E-state index contributed by atoms with van der Waals surface area (Å²) < 4.78 is 22.3. The van der Waals surface area contributed by atoms with E-state index >= 15 is 0 Å². The Morgan fingerprint density at radius 2 is 1.32 bits per heavy atom. The maximum atomic E-state index is 12.5. The normalized spacial score (nSPS) is 20.0. The second kappa shape index (κ2) is 11.9. The van der Waals surface area contributed by atoms with E-state index in [2.05, 4.69) is 16.0 Å². The van der Waals surface area contributed by atoms with Crippen molar-refractivity contribution in [2.24, 2.45) is 0 Å². The molecule has 1 saturated carbocycles. The van der Waals surface area contributed by atoms with Crippen LogP contribution in [0.1, 0.15) is 80.7 Å². The van der Waals surface area contributed by atoms with E-state index in [1.807, 2.05) is 18.2 Å². The van der Waals surface area contributed by atoms with Crippen LogP contribution in [0.15, 0.2) is 24.3 Å². The number of carbonyl (C=O) groups excluding carboxylic acids is 3. The summed E-state index contributed by atoms with van der Waals surface area (Å²) in [6.07, 6.45) is -1.11. The van der Waals surface area contributed by atoms with Gasteiger partial charge in [0.25, 0.3) is 0 Å². The lowest BCUT2D eigenvalue weighted by Gasteiger charge is -2.25. The largest absolute Gasteiger partial charge is 0.488 e. The Morgan fingerprint density at radius 1 is 0.784 bits per heavy atom. The van der Waals surface area contributed by atoms with Crippen LogP contribution in [0.4, 0.5) is 14.4 Å². The molecule has 10 nitrogen and oxygen atoms in total. The number of nitrogens with one attached hydrogen (secondary N) is 3. The van der Waals surface area contributed by atoms with Crippen LogP contribution in [0.5, 0.6) is 5.75 Å². The third-order valence-corrected chi connectivity index (χ3v) is 4.95. The van der Waals surface area contributed by atoms with E-state index < -0.39 is 47.2 Å². The lowest BCUT2D eigenvalue weighted by molar-refractivity contribution is 0.0462. The lowest BCUT2D eigenvalue weighted by atomic mass is 10.2. The van der Waals surface area contributed by atoms with Crippen LogP contribution in [0, 0.1) is 0 Å². The highest BCUT2D eigenvalue weighted by atomic mass is 16.6. The van der Waals surface area contributed by atoms with E-state index in [0.717, 1.165) is 5.56 Å². The molecule has 1 aromatic rings. The average Bonchev–Trinajstić information content (AvgIpc) is 3.02. The van der Waals surface area contributed by atoms with E-state index in [1.165, 1.54) is 0 Å². The highest BCUT2D eigenvalue weighted by Gasteiger charge is 2.39. The molecule has 1 aliphatic rings. The molecule has 0 radical (unpaired) electrons. The molecule has 3 N–H and O–H groups in total. The van der Waals surface area contributed by atoms with Gasteiger partial charge >= 0.3 is 18.3 Å². The Labute approximate surface area is 220 Å². The highest BCUT2D eigenvalue weighted by molar-refractivity contribution is 5.69. The van der Waals surface area contributed by atoms with Crippen molar-refractivity contribution in [1.82, 2.24) is 16.0 Å². The summed E-state index contributed by atoms with van der Waals surface area (Å²) in [5.41, 5.74) is -1.04. The van der Waals surface area contributed by atoms with Gasteiger partial charge in [0.15, 0.2) is 0 Å². The Balaban J connectivity index is 2.08. The Hall–Kier alpha value is -3.17. The number of benzene rings is 1. The maximum absolute atomic E-state index is 12.5. The molecule has 3 atom stereocenters. The van der Waals surface area contributed by atoms with Crippen molar-refractivity contribution in [2.45, 2.75) is 117 Å². The van der Waals surface area contributed by atoms with Gasteiger partial charge in [-0.05, 0) is 86.4 Å². The number of hydrogen-bond donors (Lipinski definition) is 3. The van der Waals surface area contributed by atoms with Crippen molar-refractivity contribution in [3.05, 3.63) is 29.8 Å². The average molecular weight is 522 g/mol. The zero-order valence-corrected chi connectivity index (χ0v) is 23.5. The van der Waals surface area contributed by atoms with Gasteiger partial charge in [-0.2, -0.15) is 0 Å². The molecule has 1 aliphatic carbocycles. The monoisotopic (exact) mass is 521 g/mol. The SMILES string of the molecule is CC(C)(C)OC(=O)NCc1cccc(O[C@H]2C[C@H](NC(=O)OC(C)(C)C)C[C@@H]2NC(=O)OC(C)(C)C)c1. The van der Waals surface area contributed by atoms with E-state index in [1.54, 1.807) is 68.4 Å². The van der Waals surface area contributed by atoms with Gasteiger partial charge in [0.2, 0.25) is 0 Å². The Kier molecular flexibility index (Phi) is 9.68. The van der Waals surface area contributed by atoms with Crippen LogP contribution < -0.4 is 20.7 Å². The van der Waals surface area contributed by atoms with Gasteiger partial charge in [-0.15, -0.1) is 0 Å². The van der Waals surface area contributed by atoms with Crippen LogP contribution >= 0.6 is 0 Å². The van der Waals surface area contributed by atoms with Crippen LogP contribution in [-0.4, -0.2) is 53.3 Å². The van der Waals surface area contributed by atoms with Gasteiger partial charge in [-0.1, -0.05) is 12.1 Å². The molecule has 3 amide bonds. The summed E-state index contributed by atoms with van der Waals surface area (Å²) in [5.74, 6) is 0.572.